The molecule has 0 aromatic carbocycles. The normalized spacial score (nSPS) is 24.1. The summed E-state index contributed by atoms with van der Waals surface area (Å²) in [4.78, 5) is 2.34. The van der Waals surface area contributed by atoms with Gasteiger partial charge in [0.25, 0.3) is 0 Å². The van der Waals surface area contributed by atoms with E-state index in [4.69, 9.17) is 0 Å². The molecule has 0 bridgehead atoms. The van der Waals surface area contributed by atoms with Crippen molar-refractivity contribution >= 4 is 9.84 Å². The molecule has 0 saturated carbocycles. The number of nitrogens with zero attached hydrogens (tertiary/aromatic N) is 1. The molecule has 1 fully saturated rings. The average Bonchev–Trinajstić information content (AvgIpc) is 2.31. The Kier molecular flexibility index (Phi) is 6.44. The van der Waals surface area contributed by atoms with Gasteiger partial charge in [-0.25, -0.2) is 8.42 Å². The fraction of sp³-hybridized carbons (Fsp3) is 1.00. The van der Waals surface area contributed by atoms with Crippen LogP contribution in [0.1, 0.15) is 33.1 Å². The van der Waals surface area contributed by atoms with E-state index in [1.165, 1.54) is 0 Å². The maximum Gasteiger partial charge on any atom is 0.154 e. The maximum atomic E-state index is 11.8. The van der Waals surface area contributed by atoms with Gasteiger partial charge in [-0.05, 0) is 25.9 Å². The molecule has 5 heteroatoms. The Morgan fingerprint density at radius 2 is 1.94 bits per heavy atom. The minimum Gasteiger partial charge on any atom is -0.314 e. The first kappa shape index (κ1) is 14.9. The average molecular weight is 262 g/mol. The van der Waals surface area contributed by atoms with E-state index >= 15 is 0 Å². The predicted molar refractivity (Wildman–Crippen MR) is 72.1 cm³/mol. The first-order valence-corrected chi connectivity index (χ1v) is 8.46. The van der Waals surface area contributed by atoms with Crippen LogP contribution >= 0.6 is 0 Å². The zero-order chi connectivity index (χ0) is 12.7. The van der Waals surface area contributed by atoms with Crippen LogP contribution in [0.2, 0.25) is 0 Å². The summed E-state index contributed by atoms with van der Waals surface area (Å²) in [7, 11) is -2.81. The lowest BCUT2D eigenvalue weighted by Gasteiger charge is -2.23. The van der Waals surface area contributed by atoms with E-state index in [1.54, 1.807) is 0 Å². The fourth-order valence-corrected chi connectivity index (χ4v) is 4.13. The Balaban J connectivity index is 2.22. The van der Waals surface area contributed by atoms with Gasteiger partial charge in [0.15, 0.2) is 9.84 Å². The number of sulfone groups is 1. The molecule has 1 atom stereocenters. The highest BCUT2D eigenvalue weighted by Crippen LogP contribution is 2.18. The highest BCUT2D eigenvalue weighted by molar-refractivity contribution is 7.92. The van der Waals surface area contributed by atoms with E-state index < -0.39 is 9.84 Å². The van der Waals surface area contributed by atoms with Crippen molar-refractivity contribution in [3.05, 3.63) is 0 Å². The third-order valence-electron chi connectivity index (χ3n) is 3.58. The van der Waals surface area contributed by atoms with Crippen molar-refractivity contribution in [3.8, 4) is 0 Å². The molecule has 102 valence electrons. The molecule has 1 unspecified atom stereocenters. The van der Waals surface area contributed by atoms with Crippen molar-refractivity contribution < 1.29 is 8.42 Å². The molecule has 0 aromatic rings. The molecule has 1 heterocycles. The number of rotatable bonds is 7. The largest absolute Gasteiger partial charge is 0.314 e. The van der Waals surface area contributed by atoms with Gasteiger partial charge in [0, 0.05) is 19.6 Å². The number of nitrogens with one attached hydrogen (secondary N) is 1. The fourth-order valence-electron chi connectivity index (χ4n) is 2.29. The van der Waals surface area contributed by atoms with Crippen LogP contribution in [-0.4, -0.2) is 57.0 Å². The summed E-state index contributed by atoms with van der Waals surface area (Å²) < 4.78 is 23.5. The molecule has 0 aliphatic carbocycles. The second-order valence-corrected chi connectivity index (χ2v) is 7.12. The van der Waals surface area contributed by atoms with Crippen LogP contribution in [0.25, 0.3) is 0 Å². The SMILES string of the molecule is CCN(CC)CCNCC1CCCCS1(=O)=O. The van der Waals surface area contributed by atoms with Gasteiger partial charge in [-0.1, -0.05) is 20.3 Å². The minimum atomic E-state index is -2.81. The van der Waals surface area contributed by atoms with E-state index in [9.17, 15) is 8.42 Å². The topological polar surface area (TPSA) is 49.4 Å². The van der Waals surface area contributed by atoms with Gasteiger partial charge < -0.3 is 10.2 Å². The third-order valence-corrected chi connectivity index (χ3v) is 5.86. The molecule has 0 aromatic heterocycles. The van der Waals surface area contributed by atoms with E-state index in [-0.39, 0.29) is 5.25 Å². The van der Waals surface area contributed by atoms with Crippen molar-refractivity contribution in [2.75, 3.05) is 38.5 Å². The summed E-state index contributed by atoms with van der Waals surface area (Å²) in [6.45, 7) is 8.92. The van der Waals surface area contributed by atoms with Gasteiger partial charge in [-0.3, -0.25) is 0 Å². The highest BCUT2D eigenvalue weighted by Gasteiger charge is 2.27. The van der Waals surface area contributed by atoms with E-state index in [0.29, 0.717) is 12.3 Å². The van der Waals surface area contributed by atoms with E-state index in [0.717, 1.165) is 45.4 Å². The monoisotopic (exact) mass is 262 g/mol. The first-order chi connectivity index (χ1) is 8.10. The first-order valence-electron chi connectivity index (χ1n) is 6.74. The molecule has 17 heavy (non-hydrogen) atoms. The molecule has 0 radical (unpaired) electrons. The molecule has 0 amide bonds. The van der Waals surface area contributed by atoms with Crippen LogP contribution in [0.5, 0.6) is 0 Å². The Labute approximate surface area is 106 Å². The van der Waals surface area contributed by atoms with Crippen LogP contribution in [0.4, 0.5) is 0 Å². The van der Waals surface area contributed by atoms with Crippen LogP contribution < -0.4 is 5.32 Å². The standard InChI is InChI=1S/C12H26N2O2S/c1-3-14(4-2)9-8-13-11-12-7-5-6-10-17(12,15)16/h12-13H,3-11H2,1-2H3. The van der Waals surface area contributed by atoms with Crippen molar-refractivity contribution in [2.24, 2.45) is 0 Å². The Morgan fingerprint density at radius 3 is 2.53 bits per heavy atom. The Hall–Kier alpha value is -0.130. The number of hydrogen-bond acceptors (Lipinski definition) is 4. The number of hydrogen-bond donors (Lipinski definition) is 1. The van der Waals surface area contributed by atoms with Crippen molar-refractivity contribution in [3.63, 3.8) is 0 Å². The smallest absolute Gasteiger partial charge is 0.154 e. The second kappa shape index (κ2) is 7.34. The lowest BCUT2D eigenvalue weighted by atomic mass is 10.2. The Bertz CT molecular complexity index is 300. The summed E-state index contributed by atoms with van der Waals surface area (Å²) in [6.07, 6.45) is 2.74. The zero-order valence-electron chi connectivity index (χ0n) is 11.1. The second-order valence-electron chi connectivity index (χ2n) is 4.72. The molecule has 1 aliphatic heterocycles. The van der Waals surface area contributed by atoms with Crippen LogP contribution in [-0.2, 0) is 9.84 Å². The molecule has 1 rings (SSSR count). The highest BCUT2D eigenvalue weighted by atomic mass is 32.2. The van der Waals surface area contributed by atoms with Crippen LogP contribution in [0.3, 0.4) is 0 Å². The summed E-state index contributed by atoms with van der Waals surface area (Å²) in [5, 5.41) is 3.14. The zero-order valence-corrected chi connectivity index (χ0v) is 11.9. The lowest BCUT2D eigenvalue weighted by molar-refractivity contribution is 0.302. The van der Waals surface area contributed by atoms with Gasteiger partial charge in [-0.15, -0.1) is 0 Å². The summed E-state index contributed by atoms with van der Waals surface area (Å²) in [5.74, 6) is 0.384. The quantitative estimate of drug-likeness (QED) is 0.692. The van der Waals surface area contributed by atoms with Gasteiger partial charge in [0.05, 0.1) is 11.0 Å². The van der Waals surface area contributed by atoms with E-state index in [1.807, 2.05) is 0 Å². The van der Waals surface area contributed by atoms with Gasteiger partial charge >= 0.3 is 0 Å². The molecule has 0 spiro atoms. The maximum absolute atomic E-state index is 11.8. The van der Waals surface area contributed by atoms with Crippen molar-refractivity contribution in [1.29, 1.82) is 0 Å². The summed E-state index contributed by atoms with van der Waals surface area (Å²) >= 11 is 0. The van der Waals surface area contributed by atoms with Crippen LogP contribution in [0, 0.1) is 0 Å². The van der Waals surface area contributed by atoms with Crippen LogP contribution in [0.15, 0.2) is 0 Å². The molecule has 1 saturated heterocycles. The molecule has 1 aliphatic rings. The summed E-state index contributed by atoms with van der Waals surface area (Å²) in [6, 6.07) is 0. The molecular weight excluding hydrogens is 236 g/mol. The van der Waals surface area contributed by atoms with Crippen molar-refractivity contribution in [2.45, 2.75) is 38.4 Å². The summed E-state index contributed by atoms with van der Waals surface area (Å²) in [5.41, 5.74) is 0. The molecule has 4 nitrogen and oxygen atoms in total. The van der Waals surface area contributed by atoms with Gasteiger partial charge in [0.2, 0.25) is 0 Å². The van der Waals surface area contributed by atoms with Crippen molar-refractivity contribution in [1.82, 2.24) is 10.2 Å². The predicted octanol–water partition coefficient (Wildman–Crippen LogP) is 0.885. The third kappa shape index (κ3) is 4.94. The molecular formula is C12H26N2O2S. The Morgan fingerprint density at radius 1 is 1.24 bits per heavy atom. The van der Waals surface area contributed by atoms with E-state index in [2.05, 4.69) is 24.1 Å². The minimum absolute atomic E-state index is 0.145. The van der Waals surface area contributed by atoms with Gasteiger partial charge in [0.1, 0.15) is 0 Å². The van der Waals surface area contributed by atoms with Gasteiger partial charge in [-0.2, -0.15) is 0 Å². The number of likely N-dealkylation sites (N-methyl/N-ethyl adjacent to an activating group) is 1. The molecule has 1 N–H and O–H groups in total. The lowest BCUT2D eigenvalue weighted by Crippen LogP contribution is -2.40.